The predicted molar refractivity (Wildman–Crippen MR) is 78.8 cm³/mol. The van der Waals surface area contributed by atoms with Gasteiger partial charge in [-0.25, -0.2) is 4.98 Å². The highest BCUT2D eigenvalue weighted by atomic mass is 32.1. The lowest BCUT2D eigenvalue weighted by Crippen LogP contribution is -2.52. The molecular weight excluding hydrogens is 258 g/mol. The fourth-order valence-corrected chi connectivity index (χ4v) is 4.06. The first kappa shape index (κ1) is 13.3. The largest absolute Gasteiger partial charge is 0.374 e. The molecule has 2 fully saturated rings. The second-order valence-corrected chi connectivity index (χ2v) is 6.44. The molecule has 106 valence electrons. The van der Waals surface area contributed by atoms with Gasteiger partial charge in [0.15, 0.2) is 5.13 Å². The molecule has 19 heavy (non-hydrogen) atoms. The van der Waals surface area contributed by atoms with Crippen LogP contribution in [0.25, 0.3) is 0 Å². The normalized spacial score (nSPS) is 27.3. The number of hydrogen-bond donors (Lipinski definition) is 1. The van der Waals surface area contributed by atoms with Crippen LogP contribution in [0.2, 0.25) is 0 Å². The molecular formula is C14H23N3OS. The maximum atomic E-state index is 5.93. The van der Waals surface area contributed by atoms with Crippen LogP contribution in [0.5, 0.6) is 0 Å². The molecule has 0 bridgehead atoms. The van der Waals surface area contributed by atoms with Crippen LogP contribution < -0.4 is 10.2 Å². The summed E-state index contributed by atoms with van der Waals surface area (Å²) in [7, 11) is 0. The lowest BCUT2D eigenvalue weighted by Gasteiger charge is -2.43. The molecule has 2 unspecified atom stereocenters. The third-order valence-corrected chi connectivity index (χ3v) is 5.10. The Labute approximate surface area is 119 Å². The van der Waals surface area contributed by atoms with E-state index >= 15 is 0 Å². The molecule has 1 aromatic heterocycles. The smallest absolute Gasteiger partial charge is 0.185 e. The lowest BCUT2D eigenvalue weighted by atomic mass is 9.90. The summed E-state index contributed by atoms with van der Waals surface area (Å²) in [6.45, 7) is 5.93. The monoisotopic (exact) mass is 281 g/mol. The van der Waals surface area contributed by atoms with Crippen molar-refractivity contribution in [3.8, 4) is 0 Å². The summed E-state index contributed by atoms with van der Waals surface area (Å²) in [5.41, 5.74) is 0. The molecule has 1 saturated carbocycles. The fourth-order valence-electron chi connectivity index (χ4n) is 3.09. The standard InChI is InChI=1S/C14H23N3OS/c1-2-15-9-11-10-16-14(19-11)17-7-8-18-13-6-4-3-5-12(13)17/h10,12-13,15H,2-9H2,1H3. The van der Waals surface area contributed by atoms with Gasteiger partial charge in [-0.2, -0.15) is 0 Å². The molecule has 2 atom stereocenters. The molecule has 5 heteroatoms. The van der Waals surface area contributed by atoms with Crippen molar-refractivity contribution >= 4 is 16.5 Å². The van der Waals surface area contributed by atoms with Crippen LogP contribution in [0.15, 0.2) is 6.20 Å². The van der Waals surface area contributed by atoms with Crippen molar-refractivity contribution in [2.75, 3.05) is 24.6 Å². The lowest BCUT2D eigenvalue weighted by molar-refractivity contribution is -0.00868. The summed E-state index contributed by atoms with van der Waals surface area (Å²) in [5.74, 6) is 0. The van der Waals surface area contributed by atoms with Crippen LogP contribution in [0.3, 0.4) is 0 Å². The predicted octanol–water partition coefficient (Wildman–Crippen LogP) is 2.40. The molecule has 4 nitrogen and oxygen atoms in total. The Morgan fingerprint density at radius 1 is 1.47 bits per heavy atom. The van der Waals surface area contributed by atoms with Gasteiger partial charge in [0.05, 0.1) is 18.8 Å². The van der Waals surface area contributed by atoms with Gasteiger partial charge in [0, 0.05) is 24.2 Å². The number of rotatable bonds is 4. The number of nitrogens with zero attached hydrogens (tertiary/aromatic N) is 2. The van der Waals surface area contributed by atoms with Crippen molar-refractivity contribution in [3.63, 3.8) is 0 Å². The first-order chi connectivity index (χ1) is 9.38. The highest BCUT2D eigenvalue weighted by molar-refractivity contribution is 7.15. The van der Waals surface area contributed by atoms with Gasteiger partial charge in [0.2, 0.25) is 0 Å². The molecule has 1 aliphatic heterocycles. The Morgan fingerprint density at radius 2 is 2.37 bits per heavy atom. The van der Waals surface area contributed by atoms with Gasteiger partial charge < -0.3 is 15.0 Å². The first-order valence-electron chi connectivity index (χ1n) is 7.42. The number of morpholine rings is 1. The highest BCUT2D eigenvalue weighted by Crippen LogP contribution is 2.33. The number of aromatic nitrogens is 1. The van der Waals surface area contributed by atoms with E-state index in [-0.39, 0.29) is 0 Å². The minimum absolute atomic E-state index is 0.434. The topological polar surface area (TPSA) is 37.4 Å². The molecule has 3 rings (SSSR count). The average molecular weight is 281 g/mol. The maximum absolute atomic E-state index is 5.93. The number of thiazole rings is 1. The SMILES string of the molecule is CCNCc1cnc(N2CCOC3CCCCC32)s1. The van der Waals surface area contributed by atoms with E-state index in [0.29, 0.717) is 12.1 Å². The first-order valence-corrected chi connectivity index (χ1v) is 8.24. The Hall–Kier alpha value is -0.650. The van der Waals surface area contributed by atoms with Crippen LogP contribution in [-0.4, -0.2) is 36.8 Å². The Morgan fingerprint density at radius 3 is 3.26 bits per heavy atom. The third-order valence-electron chi connectivity index (χ3n) is 4.07. The van der Waals surface area contributed by atoms with Crippen molar-refractivity contribution in [2.45, 2.75) is 51.3 Å². The molecule has 0 aromatic carbocycles. The van der Waals surface area contributed by atoms with Crippen molar-refractivity contribution in [2.24, 2.45) is 0 Å². The van der Waals surface area contributed by atoms with Crippen LogP contribution in [0.1, 0.15) is 37.5 Å². The van der Waals surface area contributed by atoms with Crippen LogP contribution in [-0.2, 0) is 11.3 Å². The van der Waals surface area contributed by atoms with E-state index < -0.39 is 0 Å². The zero-order valence-electron chi connectivity index (χ0n) is 11.6. The zero-order valence-corrected chi connectivity index (χ0v) is 12.4. The number of fused-ring (bicyclic) bond motifs is 1. The zero-order chi connectivity index (χ0) is 13.1. The molecule has 1 N–H and O–H groups in total. The minimum atomic E-state index is 0.434. The van der Waals surface area contributed by atoms with Gasteiger partial charge in [-0.3, -0.25) is 0 Å². The van der Waals surface area contributed by atoms with E-state index in [4.69, 9.17) is 4.74 Å². The molecule has 1 saturated heterocycles. The van der Waals surface area contributed by atoms with Gasteiger partial charge >= 0.3 is 0 Å². The number of ether oxygens (including phenoxy) is 1. The summed E-state index contributed by atoms with van der Waals surface area (Å²) in [6.07, 6.45) is 7.58. The maximum Gasteiger partial charge on any atom is 0.185 e. The van der Waals surface area contributed by atoms with Crippen LogP contribution in [0.4, 0.5) is 5.13 Å². The highest BCUT2D eigenvalue weighted by Gasteiger charge is 2.35. The molecule has 0 amide bonds. The molecule has 1 aromatic rings. The van der Waals surface area contributed by atoms with Gasteiger partial charge in [-0.1, -0.05) is 19.8 Å². The Kier molecular flexibility index (Phi) is 4.35. The van der Waals surface area contributed by atoms with Gasteiger partial charge in [-0.15, -0.1) is 11.3 Å². The molecule has 1 aliphatic carbocycles. The summed E-state index contributed by atoms with van der Waals surface area (Å²) in [4.78, 5) is 8.46. The summed E-state index contributed by atoms with van der Waals surface area (Å²) in [5, 5.41) is 4.55. The quantitative estimate of drug-likeness (QED) is 0.919. The van der Waals surface area contributed by atoms with Crippen molar-refractivity contribution in [1.29, 1.82) is 0 Å². The fraction of sp³-hybridized carbons (Fsp3) is 0.786. The number of nitrogens with one attached hydrogen (secondary N) is 1. The van der Waals surface area contributed by atoms with Crippen molar-refractivity contribution in [1.82, 2.24) is 10.3 Å². The van der Waals surface area contributed by atoms with Gasteiger partial charge in [-0.05, 0) is 19.4 Å². The minimum Gasteiger partial charge on any atom is -0.374 e. The van der Waals surface area contributed by atoms with Gasteiger partial charge in [0.25, 0.3) is 0 Å². The molecule has 2 aliphatic rings. The van der Waals surface area contributed by atoms with Crippen molar-refractivity contribution < 1.29 is 4.74 Å². The van der Waals surface area contributed by atoms with Gasteiger partial charge in [0.1, 0.15) is 0 Å². The second-order valence-electron chi connectivity index (χ2n) is 5.34. The van der Waals surface area contributed by atoms with E-state index in [1.807, 2.05) is 17.5 Å². The molecule has 0 radical (unpaired) electrons. The Bertz CT molecular complexity index is 407. The van der Waals surface area contributed by atoms with E-state index in [9.17, 15) is 0 Å². The van der Waals surface area contributed by atoms with Crippen molar-refractivity contribution in [3.05, 3.63) is 11.1 Å². The average Bonchev–Trinajstić information content (AvgIpc) is 2.93. The van der Waals surface area contributed by atoms with Crippen LogP contribution >= 0.6 is 11.3 Å². The van der Waals surface area contributed by atoms with E-state index in [1.165, 1.54) is 35.7 Å². The third kappa shape index (κ3) is 2.93. The van der Waals surface area contributed by atoms with Crippen LogP contribution in [0, 0.1) is 0 Å². The number of hydrogen-bond acceptors (Lipinski definition) is 5. The Balaban J connectivity index is 1.70. The van der Waals surface area contributed by atoms with E-state index in [0.717, 1.165) is 26.2 Å². The summed E-state index contributed by atoms with van der Waals surface area (Å²) in [6, 6.07) is 0.556. The van der Waals surface area contributed by atoms with E-state index in [1.54, 1.807) is 0 Å². The molecule has 0 spiro atoms. The number of anilines is 1. The molecule has 2 heterocycles. The summed E-state index contributed by atoms with van der Waals surface area (Å²) < 4.78 is 5.93. The summed E-state index contributed by atoms with van der Waals surface area (Å²) >= 11 is 1.83. The van der Waals surface area contributed by atoms with E-state index in [2.05, 4.69) is 22.1 Å². The second kappa shape index (κ2) is 6.20.